The van der Waals surface area contributed by atoms with Crippen LogP contribution >= 0.6 is 11.8 Å². The topological polar surface area (TPSA) is 65.0 Å². The van der Waals surface area contributed by atoms with Crippen molar-refractivity contribution in [1.29, 1.82) is 0 Å². The molecule has 1 N–H and O–H groups in total. The minimum absolute atomic E-state index is 0.0970. The lowest BCUT2D eigenvalue weighted by Crippen LogP contribution is -2.52. The van der Waals surface area contributed by atoms with E-state index in [2.05, 4.69) is 29.1 Å². The molecule has 11 heteroatoms. The van der Waals surface area contributed by atoms with Crippen molar-refractivity contribution in [1.82, 2.24) is 14.5 Å². The third-order valence-electron chi connectivity index (χ3n) is 4.69. The number of piperidine rings is 1. The van der Waals surface area contributed by atoms with Gasteiger partial charge in [-0.3, -0.25) is 4.99 Å². The smallest absolute Gasteiger partial charge is 0.356 e. The van der Waals surface area contributed by atoms with Gasteiger partial charge in [0.2, 0.25) is 0 Å². The summed E-state index contributed by atoms with van der Waals surface area (Å²) in [5, 5.41) is 3.31. The molecule has 0 atom stereocenters. The number of hydrogen-bond donors (Lipinski definition) is 1. The van der Waals surface area contributed by atoms with E-state index in [1.54, 1.807) is 7.05 Å². The van der Waals surface area contributed by atoms with E-state index in [9.17, 15) is 21.6 Å². The standard InChI is InChI=1S/C15H27F3N4O2S2/c1-14(2)11-21(8-9-25-14)13(19-3)20-10-12-4-6-22(7-5-12)26(23,24)15(16,17)18/h12H,4-11H2,1-3H3,(H,19,20). The van der Waals surface area contributed by atoms with Crippen molar-refractivity contribution < 1.29 is 21.6 Å². The molecule has 0 aromatic carbocycles. The maximum atomic E-state index is 12.6. The number of alkyl halides is 3. The van der Waals surface area contributed by atoms with Crippen LogP contribution in [-0.2, 0) is 10.0 Å². The Labute approximate surface area is 157 Å². The Balaban J connectivity index is 1.84. The first-order chi connectivity index (χ1) is 12.0. The summed E-state index contributed by atoms with van der Waals surface area (Å²) in [7, 11) is -3.49. The number of hydrogen-bond acceptors (Lipinski definition) is 4. The van der Waals surface area contributed by atoms with Gasteiger partial charge in [0.15, 0.2) is 5.96 Å². The molecule has 0 amide bonds. The van der Waals surface area contributed by atoms with E-state index >= 15 is 0 Å². The fraction of sp³-hybridized carbons (Fsp3) is 0.933. The van der Waals surface area contributed by atoms with Gasteiger partial charge in [-0.1, -0.05) is 0 Å². The second kappa shape index (κ2) is 8.14. The zero-order valence-corrected chi connectivity index (χ0v) is 17.0. The molecule has 0 radical (unpaired) electrons. The summed E-state index contributed by atoms with van der Waals surface area (Å²) in [5.41, 5.74) is -5.22. The minimum Gasteiger partial charge on any atom is -0.356 e. The summed E-state index contributed by atoms with van der Waals surface area (Å²) in [6, 6.07) is 0. The number of aliphatic imine (C=N–C) groups is 1. The van der Waals surface area contributed by atoms with E-state index in [1.165, 1.54) is 0 Å². The Morgan fingerprint density at radius 1 is 1.27 bits per heavy atom. The van der Waals surface area contributed by atoms with Crippen molar-refractivity contribution in [2.45, 2.75) is 36.9 Å². The summed E-state index contributed by atoms with van der Waals surface area (Å²) in [6.45, 7) is 6.54. The summed E-state index contributed by atoms with van der Waals surface area (Å²) >= 11 is 1.92. The lowest BCUT2D eigenvalue weighted by atomic mass is 9.98. The van der Waals surface area contributed by atoms with Crippen LogP contribution in [0.25, 0.3) is 0 Å². The van der Waals surface area contributed by atoms with Crippen LogP contribution in [0.3, 0.4) is 0 Å². The Bertz CT molecular complexity index is 615. The highest BCUT2D eigenvalue weighted by molar-refractivity contribution is 8.00. The fourth-order valence-corrected chi connectivity index (χ4v) is 5.36. The third kappa shape index (κ3) is 5.19. The van der Waals surface area contributed by atoms with Crippen molar-refractivity contribution in [3.8, 4) is 0 Å². The summed E-state index contributed by atoms with van der Waals surface area (Å²) < 4.78 is 61.4. The van der Waals surface area contributed by atoms with Crippen molar-refractivity contribution in [2.75, 3.05) is 45.5 Å². The largest absolute Gasteiger partial charge is 0.511 e. The SMILES string of the molecule is CN=C(NCC1CCN(S(=O)(=O)C(F)(F)F)CC1)N1CCSC(C)(C)C1. The highest BCUT2D eigenvalue weighted by Gasteiger charge is 2.50. The first-order valence-electron chi connectivity index (χ1n) is 8.62. The van der Waals surface area contributed by atoms with Gasteiger partial charge < -0.3 is 10.2 Å². The maximum absolute atomic E-state index is 12.6. The zero-order valence-electron chi connectivity index (χ0n) is 15.3. The predicted molar refractivity (Wildman–Crippen MR) is 98.7 cm³/mol. The molecule has 0 aromatic heterocycles. The number of nitrogens with zero attached hydrogens (tertiary/aromatic N) is 3. The Morgan fingerprint density at radius 2 is 1.88 bits per heavy atom. The van der Waals surface area contributed by atoms with E-state index in [0.29, 0.717) is 23.7 Å². The molecule has 0 aliphatic carbocycles. The first-order valence-corrected chi connectivity index (χ1v) is 11.0. The fourth-order valence-electron chi connectivity index (χ4n) is 3.27. The van der Waals surface area contributed by atoms with Crippen LogP contribution in [0.2, 0.25) is 0 Å². The van der Waals surface area contributed by atoms with Crippen molar-refractivity contribution in [3.05, 3.63) is 0 Å². The average Bonchev–Trinajstić information content (AvgIpc) is 2.54. The zero-order chi connectivity index (χ0) is 19.6. The van der Waals surface area contributed by atoms with Crippen molar-refractivity contribution in [3.63, 3.8) is 0 Å². The molecule has 26 heavy (non-hydrogen) atoms. The second-order valence-corrected chi connectivity index (χ2v) is 11.0. The molecule has 0 aromatic rings. The molecular weight excluding hydrogens is 389 g/mol. The van der Waals surface area contributed by atoms with Gasteiger partial charge in [0, 0.05) is 50.3 Å². The molecule has 0 unspecified atom stereocenters. The highest BCUT2D eigenvalue weighted by atomic mass is 32.2. The van der Waals surface area contributed by atoms with Gasteiger partial charge >= 0.3 is 15.5 Å². The summed E-state index contributed by atoms with van der Waals surface area (Å²) in [4.78, 5) is 6.51. The predicted octanol–water partition coefficient (Wildman–Crippen LogP) is 1.95. The lowest BCUT2D eigenvalue weighted by molar-refractivity contribution is -0.0496. The van der Waals surface area contributed by atoms with Crippen molar-refractivity contribution in [2.24, 2.45) is 10.9 Å². The van der Waals surface area contributed by atoms with Gasteiger partial charge in [-0.15, -0.1) is 0 Å². The average molecular weight is 417 g/mol. The van der Waals surface area contributed by atoms with Gasteiger partial charge in [0.25, 0.3) is 0 Å². The molecule has 2 aliphatic heterocycles. The van der Waals surface area contributed by atoms with Crippen LogP contribution in [0.4, 0.5) is 13.2 Å². The molecule has 152 valence electrons. The normalized spacial score (nSPS) is 23.9. The molecule has 0 bridgehead atoms. The van der Waals surface area contributed by atoms with Gasteiger partial charge in [-0.05, 0) is 32.6 Å². The van der Waals surface area contributed by atoms with Crippen LogP contribution in [0.15, 0.2) is 4.99 Å². The van der Waals surface area contributed by atoms with Crippen LogP contribution in [0.1, 0.15) is 26.7 Å². The van der Waals surface area contributed by atoms with Gasteiger partial charge in [-0.25, -0.2) is 8.42 Å². The van der Waals surface area contributed by atoms with E-state index < -0.39 is 15.5 Å². The highest BCUT2D eigenvalue weighted by Crippen LogP contribution is 2.31. The van der Waals surface area contributed by atoms with Crippen LogP contribution < -0.4 is 5.32 Å². The number of halogens is 3. The molecule has 2 fully saturated rings. The monoisotopic (exact) mass is 416 g/mol. The Morgan fingerprint density at radius 3 is 2.38 bits per heavy atom. The van der Waals surface area contributed by atoms with E-state index in [4.69, 9.17) is 0 Å². The molecule has 0 saturated carbocycles. The van der Waals surface area contributed by atoms with Gasteiger partial charge in [0.1, 0.15) is 0 Å². The molecule has 6 nitrogen and oxygen atoms in total. The van der Waals surface area contributed by atoms with E-state index in [-0.39, 0.29) is 23.8 Å². The minimum atomic E-state index is -5.22. The summed E-state index contributed by atoms with van der Waals surface area (Å²) in [6.07, 6.45) is 0.807. The van der Waals surface area contributed by atoms with E-state index in [1.807, 2.05) is 11.8 Å². The molecule has 0 spiro atoms. The molecule has 2 heterocycles. The van der Waals surface area contributed by atoms with Gasteiger partial charge in [-0.2, -0.15) is 29.2 Å². The van der Waals surface area contributed by atoms with Gasteiger partial charge in [0.05, 0.1) is 0 Å². The number of sulfonamides is 1. The van der Waals surface area contributed by atoms with Crippen LogP contribution in [0, 0.1) is 5.92 Å². The number of rotatable bonds is 3. The Hall–Kier alpha value is -0.680. The van der Waals surface area contributed by atoms with E-state index in [0.717, 1.165) is 24.8 Å². The summed E-state index contributed by atoms with van der Waals surface area (Å²) in [5.74, 6) is 1.93. The van der Waals surface area contributed by atoms with Crippen molar-refractivity contribution >= 4 is 27.7 Å². The molecule has 2 aliphatic rings. The lowest BCUT2D eigenvalue weighted by Gasteiger charge is -2.39. The molecular formula is C15H27F3N4O2S2. The maximum Gasteiger partial charge on any atom is 0.511 e. The van der Waals surface area contributed by atoms with Crippen LogP contribution in [-0.4, -0.2) is 79.4 Å². The molecule has 2 rings (SSSR count). The Kier molecular flexibility index (Phi) is 6.76. The molecule has 2 saturated heterocycles. The second-order valence-electron chi connectivity index (χ2n) is 7.25. The van der Waals surface area contributed by atoms with Crippen LogP contribution in [0.5, 0.6) is 0 Å². The number of nitrogens with one attached hydrogen (secondary N) is 1. The number of guanidine groups is 1. The third-order valence-corrected chi connectivity index (χ3v) is 7.62. The first kappa shape index (κ1) is 21.6. The number of thioether (sulfide) groups is 1. The quantitative estimate of drug-likeness (QED) is 0.563.